The summed E-state index contributed by atoms with van der Waals surface area (Å²) in [6, 6.07) is 0.544. The van der Waals surface area contributed by atoms with E-state index in [1.165, 1.54) is 12.8 Å². The fourth-order valence-corrected chi connectivity index (χ4v) is 3.35. The summed E-state index contributed by atoms with van der Waals surface area (Å²) in [6.45, 7) is 2.59. The van der Waals surface area contributed by atoms with Gasteiger partial charge < -0.3 is 15.5 Å². The molecule has 0 aromatic heterocycles. The maximum absolute atomic E-state index is 12.5. The van der Waals surface area contributed by atoms with Crippen molar-refractivity contribution in [3.8, 4) is 0 Å². The number of nitrogens with two attached hydrogens (primary N) is 1. The highest BCUT2D eigenvalue weighted by Gasteiger charge is 2.33. The molecule has 2 rings (SSSR count). The average Bonchev–Trinajstić information content (AvgIpc) is 2.87. The number of nitrogens with zero attached hydrogens (tertiary/aromatic N) is 2. The van der Waals surface area contributed by atoms with E-state index in [0.717, 1.165) is 38.9 Å². The monoisotopic (exact) mass is 253 g/mol. The van der Waals surface area contributed by atoms with Gasteiger partial charge in [0, 0.05) is 25.0 Å². The molecule has 3 atom stereocenters. The molecule has 1 aliphatic carbocycles. The molecule has 1 saturated heterocycles. The van der Waals surface area contributed by atoms with Gasteiger partial charge in [0.1, 0.15) is 0 Å². The number of amides is 1. The van der Waals surface area contributed by atoms with Gasteiger partial charge in [0.25, 0.3) is 0 Å². The Morgan fingerprint density at radius 2 is 2.11 bits per heavy atom. The third-order valence-electron chi connectivity index (χ3n) is 4.67. The van der Waals surface area contributed by atoms with Crippen molar-refractivity contribution in [1.29, 1.82) is 0 Å². The lowest BCUT2D eigenvalue weighted by Crippen LogP contribution is -2.39. The van der Waals surface area contributed by atoms with Crippen LogP contribution in [0.5, 0.6) is 0 Å². The second kappa shape index (κ2) is 6.02. The van der Waals surface area contributed by atoms with Crippen molar-refractivity contribution in [3.63, 3.8) is 0 Å². The molecule has 2 aliphatic rings. The van der Waals surface area contributed by atoms with E-state index in [2.05, 4.69) is 23.9 Å². The van der Waals surface area contributed by atoms with E-state index >= 15 is 0 Å². The molecule has 1 amide bonds. The van der Waals surface area contributed by atoms with Crippen LogP contribution in [0.2, 0.25) is 0 Å². The average molecular weight is 253 g/mol. The lowest BCUT2D eigenvalue weighted by atomic mass is 9.81. The lowest BCUT2D eigenvalue weighted by molar-refractivity contribution is -0.136. The highest BCUT2D eigenvalue weighted by Crippen LogP contribution is 2.30. The third kappa shape index (κ3) is 3.04. The van der Waals surface area contributed by atoms with Crippen LogP contribution in [0.4, 0.5) is 0 Å². The fraction of sp³-hybridized carbons (Fsp3) is 0.929. The number of carbonyl (C=O) groups is 1. The van der Waals surface area contributed by atoms with Crippen LogP contribution in [0.25, 0.3) is 0 Å². The molecule has 18 heavy (non-hydrogen) atoms. The number of likely N-dealkylation sites (N-methyl/N-ethyl adjacent to an activating group) is 1. The summed E-state index contributed by atoms with van der Waals surface area (Å²) >= 11 is 0. The topological polar surface area (TPSA) is 49.6 Å². The molecular formula is C14H27N3O. The first kappa shape index (κ1) is 13.8. The second-order valence-corrected chi connectivity index (χ2v) is 6.16. The number of hydrogen-bond donors (Lipinski definition) is 1. The Bertz CT molecular complexity index is 293. The molecule has 0 bridgehead atoms. The standard InChI is InChI=1S/C14H27N3O/c1-16(2)13-6-7-17(10-13)14(18)12-5-3-4-11(8-12)9-15/h11-13H,3-10,15H2,1-2H3. The van der Waals surface area contributed by atoms with Gasteiger partial charge in [-0.3, -0.25) is 4.79 Å². The maximum Gasteiger partial charge on any atom is 0.225 e. The van der Waals surface area contributed by atoms with Crippen molar-refractivity contribution in [2.75, 3.05) is 33.7 Å². The summed E-state index contributed by atoms with van der Waals surface area (Å²) in [6.07, 6.45) is 5.58. The van der Waals surface area contributed by atoms with Crippen molar-refractivity contribution < 1.29 is 4.79 Å². The predicted molar refractivity (Wildman–Crippen MR) is 73.2 cm³/mol. The molecule has 0 aromatic carbocycles. The van der Waals surface area contributed by atoms with E-state index in [0.29, 0.717) is 17.9 Å². The molecule has 1 saturated carbocycles. The Morgan fingerprint density at radius 1 is 1.33 bits per heavy atom. The lowest BCUT2D eigenvalue weighted by Gasteiger charge is -2.30. The highest BCUT2D eigenvalue weighted by atomic mass is 16.2. The third-order valence-corrected chi connectivity index (χ3v) is 4.67. The van der Waals surface area contributed by atoms with Crippen LogP contribution in [-0.2, 0) is 4.79 Å². The molecule has 2 fully saturated rings. The Labute approximate surface area is 110 Å². The van der Waals surface area contributed by atoms with Gasteiger partial charge in [-0.05, 0) is 52.2 Å². The summed E-state index contributed by atoms with van der Waals surface area (Å²) < 4.78 is 0. The summed E-state index contributed by atoms with van der Waals surface area (Å²) in [5.41, 5.74) is 5.75. The minimum absolute atomic E-state index is 0.244. The first-order valence-corrected chi connectivity index (χ1v) is 7.27. The first-order valence-electron chi connectivity index (χ1n) is 7.27. The Morgan fingerprint density at radius 3 is 2.72 bits per heavy atom. The van der Waals surface area contributed by atoms with Gasteiger partial charge in [0.15, 0.2) is 0 Å². The van der Waals surface area contributed by atoms with E-state index in [1.54, 1.807) is 0 Å². The quantitative estimate of drug-likeness (QED) is 0.813. The number of likely N-dealkylation sites (tertiary alicyclic amines) is 1. The van der Waals surface area contributed by atoms with E-state index in [1.807, 2.05) is 0 Å². The molecule has 0 radical (unpaired) electrons. The fourth-order valence-electron chi connectivity index (χ4n) is 3.35. The zero-order valence-electron chi connectivity index (χ0n) is 11.8. The molecule has 0 spiro atoms. The zero-order valence-corrected chi connectivity index (χ0v) is 11.8. The molecule has 4 heteroatoms. The molecule has 1 heterocycles. The van der Waals surface area contributed by atoms with Crippen molar-refractivity contribution in [2.45, 2.75) is 38.1 Å². The molecule has 1 aliphatic heterocycles. The van der Waals surface area contributed by atoms with Crippen molar-refractivity contribution in [3.05, 3.63) is 0 Å². The molecule has 4 nitrogen and oxygen atoms in total. The Kier molecular flexibility index (Phi) is 4.62. The minimum Gasteiger partial charge on any atom is -0.341 e. The van der Waals surface area contributed by atoms with Crippen LogP contribution in [0.3, 0.4) is 0 Å². The Balaban J connectivity index is 1.88. The van der Waals surface area contributed by atoms with Gasteiger partial charge in [-0.1, -0.05) is 6.42 Å². The van der Waals surface area contributed by atoms with Gasteiger partial charge in [-0.25, -0.2) is 0 Å². The molecule has 3 unspecified atom stereocenters. The summed E-state index contributed by atoms with van der Waals surface area (Å²) in [5, 5.41) is 0. The number of hydrogen-bond acceptors (Lipinski definition) is 3. The van der Waals surface area contributed by atoms with Crippen molar-refractivity contribution >= 4 is 5.91 Å². The van der Waals surface area contributed by atoms with E-state index < -0.39 is 0 Å². The van der Waals surface area contributed by atoms with Gasteiger partial charge in [-0.15, -0.1) is 0 Å². The second-order valence-electron chi connectivity index (χ2n) is 6.16. The molecule has 2 N–H and O–H groups in total. The SMILES string of the molecule is CN(C)C1CCN(C(=O)C2CCCC(CN)C2)C1. The van der Waals surface area contributed by atoms with E-state index in [-0.39, 0.29) is 5.92 Å². The number of rotatable bonds is 3. The maximum atomic E-state index is 12.5. The highest BCUT2D eigenvalue weighted by molar-refractivity contribution is 5.79. The summed E-state index contributed by atoms with van der Waals surface area (Å²) in [4.78, 5) is 16.8. The van der Waals surface area contributed by atoms with Crippen LogP contribution in [0, 0.1) is 11.8 Å². The molecular weight excluding hydrogens is 226 g/mol. The number of carbonyl (C=O) groups excluding carboxylic acids is 1. The molecule has 0 aromatic rings. The summed E-state index contributed by atoms with van der Waals surface area (Å²) in [7, 11) is 4.20. The molecule has 104 valence electrons. The first-order chi connectivity index (χ1) is 8.61. The Hall–Kier alpha value is -0.610. The van der Waals surface area contributed by atoms with Crippen molar-refractivity contribution in [2.24, 2.45) is 17.6 Å². The van der Waals surface area contributed by atoms with E-state index in [4.69, 9.17) is 5.73 Å². The van der Waals surface area contributed by atoms with Crippen LogP contribution >= 0.6 is 0 Å². The van der Waals surface area contributed by atoms with Gasteiger partial charge in [0.2, 0.25) is 5.91 Å². The van der Waals surface area contributed by atoms with Gasteiger partial charge >= 0.3 is 0 Å². The van der Waals surface area contributed by atoms with Crippen LogP contribution in [-0.4, -0.2) is 55.5 Å². The van der Waals surface area contributed by atoms with Crippen LogP contribution in [0.1, 0.15) is 32.1 Å². The van der Waals surface area contributed by atoms with Gasteiger partial charge in [0.05, 0.1) is 0 Å². The van der Waals surface area contributed by atoms with Crippen LogP contribution in [0.15, 0.2) is 0 Å². The smallest absolute Gasteiger partial charge is 0.225 e. The minimum atomic E-state index is 0.244. The zero-order chi connectivity index (χ0) is 13.1. The van der Waals surface area contributed by atoms with Crippen molar-refractivity contribution in [1.82, 2.24) is 9.80 Å². The summed E-state index contributed by atoms with van der Waals surface area (Å²) in [5.74, 6) is 1.20. The van der Waals surface area contributed by atoms with Crippen LogP contribution < -0.4 is 5.73 Å². The predicted octanol–water partition coefficient (Wildman–Crippen LogP) is 0.914. The van der Waals surface area contributed by atoms with E-state index in [9.17, 15) is 4.79 Å². The van der Waals surface area contributed by atoms with Gasteiger partial charge in [-0.2, -0.15) is 0 Å². The normalized spacial score (nSPS) is 33.1. The largest absolute Gasteiger partial charge is 0.341 e.